The van der Waals surface area contributed by atoms with Crippen LogP contribution in [0.1, 0.15) is 60.0 Å². The Balaban J connectivity index is 1.54. The Labute approximate surface area is 175 Å². The van der Waals surface area contributed by atoms with Crippen molar-refractivity contribution in [3.63, 3.8) is 0 Å². The maximum absolute atomic E-state index is 13.1. The molecule has 7 heteroatoms. The van der Waals surface area contributed by atoms with Crippen molar-refractivity contribution in [1.29, 1.82) is 5.26 Å². The summed E-state index contributed by atoms with van der Waals surface area (Å²) in [6.45, 7) is 0. The van der Waals surface area contributed by atoms with Gasteiger partial charge in [0, 0.05) is 17.4 Å². The summed E-state index contributed by atoms with van der Waals surface area (Å²) >= 11 is 0. The minimum absolute atomic E-state index is 0.0641. The third-order valence-electron chi connectivity index (χ3n) is 5.56. The molecule has 0 atom stereocenters. The molecule has 5 rings (SSSR count). The number of rotatable bonds is 7. The van der Waals surface area contributed by atoms with Gasteiger partial charge in [-0.3, -0.25) is 0 Å². The molecule has 2 saturated carbocycles. The van der Waals surface area contributed by atoms with Crippen LogP contribution in [0.2, 0.25) is 0 Å². The normalized spacial score (nSPS) is 16.2. The standard InChI is InChI=1S/C23H21N3O3S/c24-14-16-6-12-19(13-7-16)29-26-23(18-10-11-18)21(22(25-26)17-8-9-17)15-30(27,28)20-4-2-1-3-5-20/h1-7,12-13,17-18H,8-11,15H2. The molecular formula is C23H21N3O3S. The van der Waals surface area contributed by atoms with Gasteiger partial charge in [-0.05, 0) is 62.1 Å². The zero-order valence-corrected chi connectivity index (χ0v) is 17.2. The minimum Gasteiger partial charge on any atom is -0.358 e. The predicted octanol–water partition coefficient (Wildman–Crippen LogP) is 4.33. The van der Waals surface area contributed by atoms with Crippen molar-refractivity contribution in [3.05, 3.63) is 77.1 Å². The fourth-order valence-electron chi connectivity index (χ4n) is 3.71. The molecule has 2 aliphatic carbocycles. The van der Waals surface area contributed by atoms with Crippen LogP contribution in [0, 0.1) is 11.3 Å². The summed E-state index contributed by atoms with van der Waals surface area (Å²) < 4.78 is 26.2. The molecule has 0 spiro atoms. The summed E-state index contributed by atoms with van der Waals surface area (Å²) in [7, 11) is -3.48. The molecule has 1 heterocycles. The summed E-state index contributed by atoms with van der Waals surface area (Å²) in [6.07, 6.45) is 4.06. The average molecular weight is 420 g/mol. The number of nitriles is 1. The third kappa shape index (κ3) is 3.71. The van der Waals surface area contributed by atoms with E-state index >= 15 is 0 Å². The van der Waals surface area contributed by atoms with Crippen molar-refractivity contribution in [2.24, 2.45) is 0 Å². The third-order valence-corrected chi connectivity index (χ3v) is 7.22. The van der Waals surface area contributed by atoms with E-state index in [9.17, 15) is 8.42 Å². The fourth-order valence-corrected chi connectivity index (χ4v) is 5.13. The summed E-state index contributed by atoms with van der Waals surface area (Å²) in [4.78, 5) is 7.89. The van der Waals surface area contributed by atoms with Gasteiger partial charge < -0.3 is 4.84 Å². The molecule has 0 N–H and O–H groups in total. The summed E-state index contributed by atoms with van der Waals surface area (Å²) in [5.74, 6) is 1.07. The Bertz CT molecular complexity index is 1220. The molecule has 0 unspecified atom stereocenters. The van der Waals surface area contributed by atoms with Crippen LogP contribution in [0.4, 0.5) is 0 Å². The molecule has 0 radical (unpaired) electrons. The Hall–Kier alpha value is -3.11. The highest BCUT2D eigenvalue weighted by Crippen LogP contribution is 2.48. The fraction of sp³-hybridized carbons (Fsp3) is 0.304. The maximum atomic E-state index is 13.1. The van der Waals surface area contributed by atoms with Crippen LogP contribution in [0.5, 0.6) is 5.75 Å². The SMILES string of the molecule is N#Cc1ccc(On2nc(C3CC3)c(CS(=O)(=O)c3ccccc3)c2C2CC2)cc1. The van der Waals surface area contributed by atoms with Crippen LogP contribution < -0.4 is 4.84 Å². The van der Waals surface area contributed by atoms with Gasteiger partial charge >= 0.3 is 0 Å². The highest BCUT2D eigenvalue weighted by molar-refractivity contribution is 7.90. The van der Waals surface area contributed by atoms with E-state index in [0.717, 1.165) is 42.6 Å². The summed E-state index contributed by atoms with van der Waals surface area (Å²) in [5.41, 5.74) is 3.09. The van der Waals surface area contributed by atoms with Crippen LogP contribution in [-0.2, 0) is 15.6 Å². The van der Waals surface area contributed by atoms with E-state index in [0.29, 0.717) is 22.1 Å². The minimum atomic E-state index is -3.48. The van der Waals surface area contributed by atoms with Gasteiger partial charge in [-0.15, -0.1) is 5.10 Å². The van der Waals surface area contributed by atoms with Crippen LogP contribution in [0.3, 0.4) is 0 Å². The molecule has 1 aromatic heterocycles. The van der Waals surface area contributed by atoms with Gasteiger partial charge in [-0.1, -0.05) is 23.0 Å². The molecule has 152 valence electrons. The van der Waals surface area contributed by atoms with Crippen molar-refractivity contribution in [3.8, 4) is 11.8 Å². The summed E-state index contributed by atoms with van der Waals surface area (Å²) in [5, 5.41) is 13.7. The topological polar surface area (TPSA) is 85.0 Å². The molecule has 0 saturated heterocycles. The molecule has 3 aromatic rings. The average Bonchev–Trinajstić information content (AvgIpc) is 3.68. The number of hydrogen-bond donors (Lipinski definition) is 0. The van der Waals surface area contributed by atoms with Gasteiger partial charge in [0.05, 0.1) is 33.7 Å². The molecule has 6 nitrogen and oxygen atoms in total. The number of sulfone groups is 1. The highest BCUT2D eigenvalue weighted by Gasteiger charge is 2.39. The molecule has 2 aromatic carbocycles. The van der Waals surface area contributed by atoms with Crippen molar-refractivity contribution in [2.75, 3.05) is 0 Å². The number of hydrogen-bond acceptors (Lipinski definition) is 5. The van der Waals surface area contributed by atoms with Crippen molar-refractivity contribution in [2.45, 2.75) is 48.2 Å². The van der Waals surface area contributed by atoms with E-state index in [2.05, 4.69) is 6.07 Å². The molecule has 2 aliphatic rings. The van der Waals surface area contributed by atoms with Crippen molar-refractivity contribution >= 4 is 9.84 Å². The van der Waals surface area contributed by atoms with Crippen molar-refractivity contribution in [1.82, 2.24) is 9.94 Å². The lowest BCUT2D eigenvalue weighted by atomic mass is 10.1. The second-order valence-electron chi connectivity index (χ2n) is 7.97. The number of aromatic nitrogens is 2. The van der Waals surface area contributed by atoms with E-state index in [1.54, 1.807) is 48.5 Å². The van der Waals surface area contributed by atoms with Gasteiger partial charge in [0.1, 0.15) is 0 Å². The first-order chi connectivity index (χ1) is 14.5. The number of benzene rings is 2. The van der Waals surface area contributed by atoms with Crippen LogP contribution in [0.15, 0.2) is 59.5 Å². The zero-order chi connectivity index (χ0) is 20.7. The lowest BCUT2D eigenvalue weighted by Crippen LogP contribution is -2.12. The first-order valence-electron chi connectivity index (χ1n) is 10.1. The Morgan fingerprint density at radius 2 is 1.67 bits per heavy atom. The zero-order valence-electron chi connectivity index (χ0n) is 16.4. The predicted molar refractivity (Wildman–Crippen MR) is 111 cm³/mol. The van der Waals surface area contributed by atoms with E-state index < -0.39 is 9.84 Å². The Kier molecular flexibility index (Phi) is 4.59. The Morgan fingerprint density at radius 1 is 1.00 bits per heavy atom. The van der Waals surface area contributed by atoms with Crippen LogP contribution in [0.25, 0.3) is 0 Å². The van der Waals surface area contributed by atoms with Crippen LogP contribution in [-0.4, -0.2) is 18.4 Å². The first kappa shape index (κ1) is 18.9. The molecule has 30 heavy (non-hydrogen) atoms. The second-order valence-corrected chi connectivity index (χ2v) is 9.96. The molecule has 2 fully saturated rings. The summed E-state index contributed by atoms with van der Waals surface area (Å²) in [6, 6.07) is 17.5. The second kappa shape index (κ2) is 7.29. The highest BCUT2D eigenvalue weighted by atomic mass is 32.2. The maximum Gasteiger partial charge on any atom is 0.182 e. The lowest BCUT2D eigenvalue weighted by Gasteiger charge is -2.10. The first-order valence-corrected chi connectivity index (χ1v) is 11.8. The largest absolute Gasteiger partial charge is 0.358 e. The van der Waals surface area contributed by atoms with Crippen molar-refractivity contribution < 1.29 is 13.3 Å². The van der Waals surface area contributed by atoms with Gasteiger partial charge in [-0.25, -0.2) is 8.42 Å². The molecule has 0 amide bonds. The lowest BCUT2D eigenvalue weighted by molar-refractivity contribution is 0.168. The van der Waals surface area contributed by atoms with Gasteiger partial charge in [-0.2, -0.15) is 5.26 Å². The van der Waals surface area contributed by atoms with Crippen LogP contribution >= 0.6 is 0 Å². The smallest absolute Gasteiger partial charge is 0.182 e. The van der Waals surface area contributed by atoms with Gasteiger partial charge in [0.15, 0.2) is 15.6 Å². The molecule has 0 bridgehead atoms. The van der Waals surface area contributed by atoms with E-state index in [1.807, 2.05) is 6.07 Å². The molecular weight excluding hydrogens is 398 g/mol. The monoisotopic (exact) mass is 419 g/mol. The van der Waals surface area contributed by atoms with E-state index in [1.165, 1.54) is 4.85 Å². The quantitative estimate of drug-likeness (QED) is 0.569. The van der Waals surface area contributed by atoms with Gasteiger partial charge in [0.25, 0.3) is 0 Å². The van der Waals surface area contributed by atoms with Gasteiger partial charge in [0.2, 0.25) is 0 Å². The van der Waals surface area contributed by atoms with E-state index in [4.69, 9.17) is 15.2 Å². The number of nitrogens with zero attached hydrogens (tertiary/aromatic N) is 3. The molecule has 0 aliphatic heterocycles. The van der Waals surface area contributed by atoms with E-state index in [-0.39, 0.29) is 11.7 Å². The Morgan fingerprint density at radius 3 is 2.27 bits per heavy atom.